The number of aldehydes is 1. The van der Waals surface area contributed by atoms with Crippen molar-refractivity contribution in [1.29, 1.82) is 0 Å². The van der Waals surface area contributed by atoms with Gasteiger partial charge < -0.3 is 29.6 Å². The van der Waals surface area contributed by atoms with Gasteiger partial charge in [0.1, 0.15) is 19.9 Å². The molecule has 0 aromatic heterocycles. The van der Waals surface area contributed by atoms with Crippen LogP contribution in [0, 0.1) is 11.8 Å². The van der Waals surface area contributed by atoms with Crippen LogP contribution in [-0.4, -0.2) is 51.8 Å². The molecule has 6 nitrogen and oxygen atoms in total. The summed E-state index contributed by atoms with van der Waals surface area (Å²) >= 11 is 0. The highest BCUT2D eigenvalue weighted by Gasteiger charge is 2.20. The van der Waals surface area contributed by atoms with Gasteiger partial charge in [-0.05, 0) is 58.4 Å². The Bertz CT molecular complexity index is 299. The van der Waals surface area contributed by atoms with E-state index in [1.54, 1.807) is 0 Å². The number of carbonyl (C=O) groups excluding carboxylic acids is 3. The van der Waals surface area contributed by atoms with Gasteiger partial charge in [0, 0.05) is 5.92 Å². The lowest BCUT2D eigenvalue weighted by atomic mass is 9.88. The molecule has 168 valence electrons. The molecule has 1 saturated carbocycles. The average Bonchev–Trinajstić information content (AvgIpc) is 2.74. The minimum atomic E-state index is 0.275. The van der Waals surface area contributed by atoms with Crippen molar-refractivity contribution >= 4 is 19.9 Å². The Morgan fingerprint density at radius 2 is 1.57 bits per heavy atom. The lowest BCUT2D eigenvalue weighted by Gasteiger charge is -2.25. The fourth-order valence-corrected chi connectivity index (χ4v) is 3.09. The van der Waals surface area contributed by atoms with Crippen LogP contribution >= 0.6 is 0 Å². The summed E-state index contributed by atoms with van der Waals surface area (Å²) in [6.07, 6.45) is 10.9. The summed E-state index contributed by atoms with van der Waals surface area (Å²) in [7, 11) is 0. The topological polar surface area (TPSA) is 95.7 Å². The van der Waals surface area contributed by atoms with Crippen molar-refractivity contribution in [2.75, 3.05) is 19.8 Å². The smallest absolute Gasteiger partial charge is 0.123 e. The summed E-state index contributed by atoms with van der Waals surface area (Å²) in [5.74, 6) is 1.16. The van der Waals surface area contributed by atoms with Crippen molar-refractivity contribution in [2.45, 2.75) is 91.3 Å². The predicted octanol–water partition coefficient (Wildman–Crippen LogP) is 3.98. The van der Waals surface area contributed by atoms with Gasteiger partial charge in [0.05, 0.1) is 25.4 Å². The SMILES string of the molecule is C=O.C=O.CC(C)OCCOC1CCC(C=O)CC1.CCCC(CC)CCN. The molecular formula is C22H45NO5. The van der Waals surface area contributed by atoms with Gasteiger partial charge in [0.25, 0.3) is 0 Å². The zero-order valence-electron chi connectivity index (χ0n) is 18.7. The lowest BCUT2D eigenvalue weighted by Crippen LogP contribution is -2.24. The van der Waals surface area contributed by atoms with E-state index in [1.807, 2.05) is 27.4 Å². The van der Waals surface area contributed by atoms with Crippen LogP contribution in [0.3, 0.4) is 0 Å². The molecule has 1 aliphatic rings. The minimum Gasteiger partial charge on any atom is -0.376 e. The highest BCUT2D eigenvalue weighted by Crippen LogP contribution is 2.24. The van der Waals surface area contributed by atoms with Gasteiger partial charge >= 0.3 is 0 Å². The highest BCUT2D eigenvalue weighted by atomic mass is 16.5. The maximum atomic E-state index is 10.5. The summed E-state index contributed by atoms with van der Waals surface area (Å²) < 4.78 is 11.1. The monoisotopic (exact) mass is 403 g/mol. The van der Waals surface area contributed by atoms with E-state index in [4.69, 9.17) is 24.8 Å². The molecule has 0 aromatic carbocycles. The fourth-order valence-electron chi connectivity index (χ4n) is 3.09. The zero-order valence-corrected chi connectivity index (χ0v) is 18.7. The number of nitrogens with two attached hydrogens (primary N) is 1. The average molecular weight is 404 g/mol. The normalized spacial score (nSPS) is 19.1. The van der Waals surface area contributed by atoms with E-state index in [0.717, 1.165) is 44.4 Å². The highest BCUT2D eigenvalue weighted by molar-refractivity contribution is 5.53. The van der Waals surface area contributed by atoms with Crippen molar-refractivity contribution in [2.24, 2.45) is 17.6 Å². The van der Waals surface area contributed by atoms with Gasteiger partial charge in [-0.1, -0.05) is 33.1 Å². The maximum Gasteiger partial charge on any atom is 0.123 e. The van der Waals surface area contributed by atoms with Crippen molar-refractivity contribution in [1.82, 2.24) is 0 Å². The molecule has 0 amide bonds. The van der Waals surface area contributed by atoms with Crippen LogP contribution in [0.2, 0.25) is 0 Å². The maximum absolute atomic E-state index is 10.5. The van der Waals surface area contributed by atoms with Crippen LogP contribution in [0.15, 0.2) is 0 Å². The van der Waals surface area contributed by atoms with Crippen LogP contribution in [-0.2, 0) is 23.9 Å². The van der Waals surface area contributed by atoms with E-state index < -0.39 is 0 Å². The predicted molar refractivity (Wildman–Crippen MR) is 115 cm³/mol. The second-order valence-electron chi connectivity index (χ2n) is 7.10. The third-order valence-electron chi connectivity index (χ3n) is 4.65. The van der Waals surface area contributed by atoms with Crippen LogP contribution in [0.5, 0.6) is 0 Å². The number of hydrogen-bond acceptors (Lipinski definition) is 6. The number of hydrogen-bond donors (Lipinski definition) is 1. The third kappa shape index (κ3) is 21.2. The molecule has 0 saturated heterocycles. The van der Waals surface area contributed by atoms with Crippen LogP contribution in [0.4, 0.5) is 0 Å². The van der Waals surface area contributed by atoms with Gasteiger partial charge in [-0.15, -0.1) is 0 Å². The molecule has 0 spiro atoms. The molecule has 0 aromatic rings. The summed E-state index contributed by atoms with van der Waals surface area (Å²) in [4.78, 5) is 26.5. The van der Waals surface area contributed by atoms with Crippen molar-refractivity contribution in [3.8, 4) is 0 Å². The summed E-state index contributed by atoms with van der Waals surface area (Å²) in [6, 6.07) is 0. The number of ether oxygens (including phenoxy) is 2. The van der Waals surface area contributed by atoms with Crippen molar-refractivity contribution < 1.29 is 23.9 Å². The second kappa shape index (κ2) is 25.9. The van der Waals surface area contributed by atoms with E-state index in [-0.39, 0.29) is 12.0 Å². The quantitative estimate of drug-likeness (QED) is 0.414. The minimum absolute atomic E-state index is 0.275. The van der Waals surface area contributed by atoms with Crippen molar-refractivity contribution in [3.63, 3.8) is 0 Å². The van der Waals surface area contributed by atoms with E-state index in [0.29, 0.717) is 19.3 Å². The standard InChI is InChI=1S/C12H22O3.C8H19N.2CH2O/c1-10(2)14-7-8-15-12-5-3-11(9-13)4-6-12;1-3-5-8(4-2)6-7-9;2*1-2/h9-12H,3-8H2,1-2H3;8H,3-7,9H2,1-2H3;2*1H2. The molecule has 0 radical (unpaired) electrons. The van der Waals surface area contributed by atoms with Gasteiger partial charge in [-0.3, -0.25) is 0 Å². The first-order chi connectivity index (χ1) is 13.6. The Labute approximate surface area is 172 Å². The first kappa shape index (κ1) is 31.6. The Morgan fingerprint density at radius 3 is 1.96 bits per heavy atom. The first-order valence-corrected chi connectivity index (χ1v) is 10.5. The van der Waals surface area contributed by atoms with E-state index in [1.165, 1.54) is 25.7 Å². The molecule has 6 heteroatoms. The molecule has 0 aliphatic heterocycles. The second-order valence-corrected chi connectivity index (χ2v) is 7.10. The van der Waals surface area contributed by atoms with Crippen LogP contribution in [0.1, 0.15) is 79.1 Å². The largest absolute Gasteiger partial charge is 0.376 e. The molecule has 1 unspecified atom stereocenters. The Hall–Kier alpha value is -1.11. The van der Waals surface area contributed by atoms with Crippen molar-refractivity contribution in [3.05, 3.63) is 0 Å². The molecule has 0 bridgehead atoms. The summed E-state index contributed by atoms with van der Waals surface area (Å²) in [5, 5.41) is 0. The zero-order chi connectivity index (χ0) is 22.2. The molecule has 1 atom stereocenters. The van der Waals surface area contributed by atoms with Crippen LogP contribution < -0.4 is 5.73 Å². The number of rotatable bonds is 11. The lowest BCUT2D eigenvalue weighted by molar-refractivity contribution is -0.113. The van der Waals surface area contributed by atoms with Gasteiger partial charge in [0.2, 0.25) is 0 Å². The molecular weight excluding hydrogens is 358 g/mol. The summed E-state index contributed by atoms with van der Waals surface area (Å²) in [5.41, 5.74) is 5.44. The van der Waals surface area contributed by atoms with Gasteiger partial charge in [-0.25, -0.2) is 0 Å². The molecule has 28 heavy (non-hydrogen) atoms. The van der Waals surface area contributed by atoms with Crippen LogP contribution in [0.25, 0.3) is 0 Å². The van der Waals surface area contributed by atoms with E-state index in [9.17, 15) is 4.79 Å². The molecule has 1 rings (SSSR count). The molecule has 2 N–H and O–H groups in total. The van der Waals surface area contributed by atoms with Gasteiger partial charge in [0.15, 0.2) is 0 Å². The third-order valence-corrected chi connectivity index (χ3v) is 4.65. The van der Waals surface area contributed by atoms with E-state index in [2.05, 4.69) is 13.8 Å². The van der Waals surface area contributed by atoms with Gasteiger partial charge in [-0.2, -0.15) is 0 Å². The summed E-state index contributed by atoms with van der Waals surface area (Å²) in [6.45, 7) is 14.7. The molecule has 1 aliphatic carbocycles. The fraction of sp³-hybridized carbons (Fsp3) is 0.864. The Morgan fingerprint density at radius 1 is 1.00 bits per heavy atom. The molecule has 0 heterocycles. The Balaban J connectivity index is -0.000000413. The molecule has 1 fully saturated rings. The Kier molecular flexibility index (Phi) is 29.2. The van der Waals surface area contributed by atoms with E-state index >= 15 is 0 Å². The first-order valence-electron chi connectivity index (χ1n) is 10.5. The number of carbonyl (C=O) groups is 3.